The first-order valence-electron chi connectivity index (χ1n) is 10.3. The number of hydrogen-bond acceptors (Lipinski definition) is 6. The summed E-state index contributed by atoms with van der Waals surface area (Å²) in [6.45, 7) is 12.1. The van der Waals surface area contributed by atoms with Crippen molar-refractivity contribution in [3.63, 3.8) is 0 Å². The minimum absolute atomic E-state index is 0.124. The molecular weight excluding hydrogens is 410 g/mol. The van der Waals surface area contributed by atoms with Crippen molar-refractivity contribution in [2.75, 3.05) is 0 Å². The summed E-state index contributed by atoms with van der Waals surface area (Å²) in [4.78, 5) is 39.8. The second kappa shape index (κ2) is 8.82. The number of aromatic amines is 1. The Balaban J connectivity index is 1.73. The van der Waals surface area contributed by atoms with Crippen molar-refractivity contribution in [2.45, 2.75) is 54.6 Å². The highest BCUT2D eigenvalue weighted by molar-refractivity contribution is 6.05. The van der Waals surface area contributed by atoms with Crippen LogP contribution in [0.5, 0.6) is 0 Å². The average Bonchev–Trinajstić information content (AvgIpc) is 3.34. The number of ether oxygens (including phenoxy) is 1. The largest absolute Gasteiger partial charge is 0.451 e. The van der Waals surface area contributed by atoms with E-state index in [-0.39, 0.29) is 17.3 Å². The highest BCUT2D eigenvalue weighted by Gasteiger charge is 2.25. The molecule has 0 saturated heterocycles. The van der Waals surface area contributed by atoms with Crippen LogP contribution in [0.3, 0.4) is 0 Å². The standard InChI is InChI=1S/C24H27N3O5/c1-12-10-19(16(5)27(12)20-11-13(2)32-26-20)8-9-21(29)31-18(7)24(30)23-14(3)22(17(6)28)15(4)25-23/h8-11,18,25H,1-7H3/b9-8+. The summed E-state index contributed by atoms with van der Waals surface area (Å²) >= 11 is 0. The minimum Gasteiger partial charge on any atom is -0.451 e. The van der Waals surface area contributed by atoms with Gasteiger partial charge in [0.2, 0.25) is 5.78 Å². The lowest BCUT2D eigenvalue weighted by Crippen LogP contribution is -2.24. The lowest BCUT2D eigenvalue weighted by Gasteiger charge is -2.10. The number of nitrogens with zero attached hydrogens (tertiary/aromatic N) is 2. The molecule has 0 aromatic carbocycles. The SMILES string of the molecule is CC(=O)c1c(C)[nH]c(C(=O)C(C)OC(=O)/C=C/c2cc(C)n(-c3cc(C)on3)c2C)c1C. The van der Waals surface area contributed by atoms with E-state index in [9.17, 15) is 14.4 Å². The number of aromatic nitrogens is 3. The van der Waals surface area contributed by atoms with E-state index >= 15 is 0 Å². The van der Waals surface area contributed by atoms with E-state index in [4.69, 9.17) is 9.26 Å². The fourth-order valence-corrected chi connectivity index (χ4v) is 3.92. The van der Waals surface area contributed by atoms with Crippen LogP contribution in [0.2, 0.25) is 0 Å². The first-order chi connectivity index (χ1) is 15.0. The van der Waals surface area contributed by atoms with Gasteiger partial charge in [-0.05, 0) is 71.7 Å². The molecule has 3 rings (SSSR count). The second-order valence-electron chi connectivity index (χ2n) is 7.92. The van der Waals surface area contributed by atoms with Crippen LogP contribution in [0.4, 0.5) is 0 Å². The molecule has 0 spiro atoms. The van der Waals surface area contributed by atoms with Crippen molar-refractivity contribution >= 4 is 23.6 Å². The molecule has 168 valence electrons. The molecular formula is C24H27N3O5. The Hall–Kier alpha value is -3.68. The van der Waals surface area contributed by atoms with Gasteiger partial charge in [-0.3, -0.25) is 14.2 Å². The summed E-state index contributed by atoms with van der Waals surface area (Å²) in [5.41, 5.74) is 4.60. The van der Waals surface area contributed by atoms with Crippen LogP contribution in [-0.4, -0.2) is 38.3 Å². The number of rotatable bonds is 7. The highest BCUT2D eigenvalue weighted by Crippen LogP contribution is 2.22. The zero-order valence-electron chi connectivity index (χ0n) is 19.3. The predicted molar refractivity (Wildman–Crippen MR) is 119 cm³/mol. The summed E-state index contributed by atoms with van der Waals surface area (Å²) in [5, 5.41) is 4.04. The molecule has 8 heteroatoms. The first-order valence-corrected chi connectivity index (χ1v) is 10.3. The van der Waals surface area contributed by atoms with Gasteiger partial charge in [-0.2, -0.15) is 0 Å². The van der Waals surface area contributed by atoms with E-state index in [0.717, 1.165) is 17.0 Å². The number of nitrogens with one attached hydrogen (secondary N) is 1. The van der Waals surface area contributed by atoms with Crippen LogP contribution in [0.15, 0.2) is 22.7 Å². The van der Waals surface area contributed by atoms with Crippen molar-refractivity contribution in [1.82, 2.24) is 14.7 Å². The molecule has 3 aromatic rings. The molecule has 0 aliphatic rings. The number of Topliss-reactive ketones (excluding diaryl/α,β-unsaturated/α-hetero) is 2. The first kappa shape index (κ1) is 23.0. The van der Waals surface area contributed by atoms with Crippen LogP contribution < -0.4 is 0 Å². The molecule has 0 amide bonds. The molecule has 32 heavy (non-hydrogen) atoms. The number of ketones is 2. The van der Waals surface area contributed by atoms with Gasteiger partial charge < -0.3 is 14.2 Å². The highest BCUT2D eigenvalue weighted by atomic mass is 16.5. The van der Waals surface area contributed by atoms with Gasteiger partial charge in [0.15, 0.2) is 17.7 Å². The molecule has 1 atom stereocenters. The van der Waals surface area contributed by atoms with Gasteiger partial charge in [-0.25, -0.2) is 4.79 Å². The maximum atomic E-state index is 12.8. The molecule has 0 aliphatic carbocycles. The fourth-order valence-electron chi connectivity index (χ4n) is 3.92. The Morgan fingerprint density at radius 2 is 1.84 bits per heavy atom. The van der Waals surface area contributed by atoms with Crippen LogP contribution in [0.25, 0.3) is 11.9 Å². The Kier molecular flexibility index (Phi) is 6.34. The van der Waals surface area contributed by atoms with Gasteiger partial charge in [0.05, 0.1) is 5.69 Å². The van der Waals surface area contributed by atoms with E-state index in [0.29, 0.717) is 28.4 Å². The van der Waals surface area contributed by atoms with E-state index in [1.165, 1.54) is 19.9 Å². The van der Waals surface area contributed by atoms with Crippen molar-refractivity contribution in [3.05, 3.63) is 63.4 Å². The van der Waals surface area contributed by atoms with Gasteiger partial charge in [0.25, 0.3) is 0 Å². The van der Waals surface area contributed by atoms with Crippen molar-refractivity contribution < 1.29 is 23.6 Å². The van der Waals surface area contributed by atoms with Gasteiger partial charge >= 0.3 is 5.97 Å². The zero-order valence-corrected chi connectivity index (χ0v) is 19.3. The maximum absolute atomic E-state index is 12.8. The minimum atomic E-state index is -1.01. The lowest BCUT2D eigenvalue weighted by molar-refractivity contribution is -0.140. The van der Waals surface area contributed by atoms with Crippen LogP contribution in [0, 0.1) is 34.6 Å². The molecule has 1 unspecified atom stereocenters. The molecule has 0 aliphatic heterocycles. The molecule has 3 aromatic heterocycles. The molecule has 0 saturated carbocycles. The molecule has 0 radical (unpaired) electrons. The second-order valence-corrected chi connectivity index (χ2v) is 7.92. The number of hydrogen-bond donors (Lipinski definition) is 1. The number of carbonyl (C=O) groups is 3. The zero-order chi connectivity index (χ0) is 23.7. The van der Waals surface area contributed by atoms with Gasteiger partial charge in [0, 0.05) is 34.8 Å². The summed E-state index contributed by atoms with van der Waals surface area (Å²) in [7, 11) is 0. The smallest absolute Gasteiger partial charge is 0.331 e. The fraction of sp³-hybridized carbons (Fsp3) is 0.333. The Morgan fingerprint density at radius 1 is 1.16 bits per heavy atom. The summed E-state index contributed by atoms with van der Waals surface area (Å²) in [6, 6.07) is 3.75. The van der Waals surface area contributed by atoms with Crippen molar-refractivity contribution in [2.24, 2.45) is 0 Å². The Bertz CT molecular complexity index is 1240. The monoisotopic (exact) mass is 437 g/mol. The van der Waals surface area contributed by atoms with Gasteiger partial charge in [-0.1, -0.05) is 5.16 Å². The summed E-state index contributed by atoms with van der Waals surface area (Å²) in [5.74, 6) is 0.219. The molecule has 1 N–H and O–H groups in total. The molecule has 3 heterocycles. The maximum Gasteiger partial charge on any atom is 0.331 e. The van der Waals surface area contributed by atoms with E-state index in [1.807, 2.05) is 37.5 Å². The Morgan fingerprint density at radius 3 is 2.41 bits per heavy atom. The third-order valence-corrected chi connectivity index (χ3v) is 5.41. The topological polar surface area (TPSA) is 107 Å². The lowest BCUT2D eigenvalue weighted by atomic mass is 10.0. The number of esters is 1. The van der Waals surface area contributed by atoms with Crippen molar-refractivity contribution in [1.29, 1.82) is 0 Å². The molecule has 8 nitrogen and oxygen atoms in total. The van der Waals surface area contributed by atoms with Crippen molar-refractivity contribution in [3.8, 4) is 5.82 Å². The molecule has 0 fully saturated rings. The molecule has 0 bridgehead atoms. The quantitative estimate of drug-likeness (QED) is 0.334. The van der Waals surface area contributed by atoms with Crippen LogP contribution in [-0.2, 0) is 9.53 Å². The van der Waals surface area contributed by atoms with E-state index < -0.39 is 12.1 Å². The van der Waals surface area contributed by atoms with Gasteiger partial charge in [-0.15, -0.1) is 0 Å². The van der Waals surface area contributed by atoms with Gasteiger partial charge in [0.1, 0.15) is 5.76 Å². The van der Waals surface area contributed by atoms with E-state index in [2.05, 4.69) is 10.1 Å². The average molecular weight is 437 g/mol. The van der Waals surface area contributed by atoms with Crippen LogP contribution >= 0.6 is 0 Å². The third kappa shape index (κ3) is 4.34. The number of carbonyl (C=O) groups excluding carboxylic acids is 3. The van der Waals surface area contributed by atoms with Crippen LogP contribution in [0.1, 0.15) is 68.7 Å². The normalized spacial score (nSPS) is 12.3. The Labute approximate surface area is 186 Å². The predicted octanol–water partition coefficient (Wildman–Crippen LogP) is 4.37. The summed E-state index contributed by atoms with van der Waals surface area (Å²) in [6.07, 6.45) is 1.93. The third-order valence-electron chi connectivity index (χ3n) is 5.41. The summed E-state index contributed by atoms with van der Waals surface area (Å²) < 4.78 is 12.4. The number of H-pyrrole nitrogens is 1. The van der Waals surface area contributed by atoms with E-state index in [1.54, 1.807) is 19.9 Å². The number of aryl methyl sites for hydroxylation is 3.